The summed E-state index contributed by atoms with van der Waals surface area (Å²) in [5.74, 6) is 0. The van der Waals surface area contributed by atoms with Crippen molar-refractivity contribution in [3.63, 3.8) is 0 Å². The molecule has 0 amide bonds. The predicted octanol–water partition coefficient (Wildman–Crippen LogP) is 0.602. The Kier molecular flexibility index (Phi) is 3.50. The Balaban J connectivity index is 1.77. The summed E-state index contributed by atoms with van der Waals surface area (Å²) in [6, 6.07) is 0. The Labute approximate surface area is 92.8 Å². The lowest BCUT2D eigenvalue weighted by Gasteiger charge is -2.28. The summed E-state index contributed by atoms with van der Waals surface area (Å²) in [5.41, 5.74) is 0. The van der Waals surface area contributed by atoms with Gasteiger partial charge in [0.2, 0.25) is 0 Å². The van der Waals surface area contributed by atoms with Crippen molar-refractivity contribution in [1.82, 2.24) is 15.5 Å². The van der Waals surface area contributed by atoms with Crippen LogP contribution < -0.4 is 10.1 Å². The third-order valence-corrected chi connectivity index (χ3v) is 2.88. The Morgan fingerprint density at radius 1 is 1.53 bits per heavy atom. The average Bonchev–Trinajstić information content (AvgIpc) is 2.62. The fourth-order valence-corrected chi connectivity index (χ4v) is 2.01. The largest absolute Gasteiger partial charge is 0.466 e. The second-order valence-corrected chi connectivity index (χ2v) is 4.77. The highest BCUT2D eigenvalue weighted by atomic mass is 32.1. The molecule has 1 aromatic heterocycles. The molecule has 0 aromatic carbocycles. The second-order valence-electron chi connectivity index (χ2n) is 3.62. The lowest BCUT2D eigenvalue weighted by molar-refractivity contribution is -0.0471. The molecule has 0 aliphatic carbocycles. The zero-order valence-electron chi connectivity index (χ0n) is 8.90. The number of morpholine rings is 1. The van der Waals surface area contributed by atoms with Crippen molar-refractivity contribution in [3.05, 3.63) is 5.01 Å². The summed E-state index contributed by atoms with van der Waals surface area (Å²) >= 11 is 1.46. The van der Waals surface area contributed by atoms with Crippen molar-refractivity contribution in [2.24, 2.45) is 0 Å². The van der Waals surface area contributed by atoms with Crippen LogP contribution in [0.4, 0.5) is 0 Å². The SMILES string of the molecule is Cc1nnc(OCC2CNCC(C)O2)s1. The van der Waals surface area contributed by atoms with Crippen LogP contribution in [0.1, 0.15) is 11.9 Å². The molecular weight excluding hydrogens is 214 g/mol. The molecule has 2 atom stereocenters. The van der Waals surface area contributed by atoms with E-state index in [-0.39, 0.29) is 12.2 Å². The molecule has 1 N–H and O–H groups in total. The first-order valence-electron chi connectivity index (χ1n) is 5.03. The normalized spacial score (nSPS) is 26.5. The van der Waals surface area contributed by atoms with Crippen LogP contribution in [0.25, 0.3) is 0 Å². The average molecular weight is 229 g/mol. The molecule has 1 aromatic rings. The fourth-order valence-electron chi connectivity index (χ4n) is 1.47. The molecule has 1 aliphatic rings. The van der Waals surface area contributed by atoms with Crippen molar-refractivity contribution in [1.29, 1.82) is 0 Å². The first kappa shape index (κ1) is 10.8. The molecule has 0 spiro atoms. The van der Waals surface area contributed by atoms with E-state index < -0.39 is 0 Å². The van der Waals surface area contributed by atoms with Gasteiger partial charge in [-0.15, -0.1) is 10.2 Å². The van der Waals surface area contributed by atoms with Crippen LogP contribution in [-0.4, -0.2) is 42.1 Å². The number of nitrogens with zero attached hydrogens (tertiary/aromatic N) is 2. The van der Waals surface area contributed by atoms with Crippen LogP contribution in [-0.2, 0) is 4.74 Å². The highest BCUT2D eigenvalue weighted by molar-refractivity contribution is 7.12. The number of hydrogen-bond acceptors (Lipinski definition) is 6. The molecule has 2 unspecified atom stereocenters. The van der Waals surface area contributed by atoms with Crippen LogP contribution >= 0.6 is 11.3 Å². The molecule has 2 heterocycles. The minimum atomic E-state index is 0.109. The van der Waals surface area contributed by atoms with Gasteiger partial charge in [-0.05, 0) is 13.8 Å². The fraction of sp³-hybridized carbons (Fsp3) is 0.778. The molecule has 15 heavy (non-hydrogen) atoms. The number of aromatic nitrogens is 2. The standard InChI is InChI=1S/C9H15N3O2S/c1-6-3-10-4-8(14-6)5-13-9-12-11-7(2)15-9/h6,8,10H,3-5H2,1-2H3. The zero-order chi connectivity index (χ0) is 10.7. The van der Waals surface area contributed by atoms with E-state index in [2.05, 4.69) is 15.5 Å². The van der Waals surface area contributed by atoms with E-state index in [1.165, 1.54) is 11.3 Å². The molecule has 2 rings (SSSR count). The van der Waals surface area contributed by atoms with E-state index in [9.17, 15) is 0 Å². The number of ether oxygens (including phenoxy) is 2. The second kappa shape index (κ2) is 4.87. The predicted molar refractivity (Wildman–Crippen MR) is 57.3 cm³/mol. The zero-order valence-corrected chi connectivity index (χ0v) is 9.71. The van der Waals surface area contributed by atoms with Crippen molar-refractivity contribution in [2.45, 2.75) is 26.1 Å². The molecule has 5 nitrogen and oxygen atoms in total. The minimum absolute atomic E-state index is 0.109. The van der Waals surface area contributed by atoms with Crippen LogP contribution in [0.3, 0.4) is 0 Å². The van der Waals surface area contributed by atoms with Gasteiger partial charge in [-0.3, -0.25) is 0 Å². The Hall–Kier alpha value is -0.720. The highest BCUT2D eigenvalue weighted by Crippen LogP contribution is 2.17. The van der Waals surface area contributed by atoms with Crippen LogP contribution in [0.2, 0.25) is 0 Å². The number of hydrogen-bond donors (Lipinski definition) is 1. The van der Waals surface area contributed by atoms with Gasteiger partial charge in [0.25, 0.3) is 5.19 Å². The van der Waals surface area contributed by atoms with Crippen molar-refractivity contribution < 1.29 is 9.47 Å². The first-order chi connectivity index (χ1) is 7.24. The molecule has 0 saturated carbocycles. The topological polar surface area (TPSA) is 56.3 Å². The van der Waals surface area contributed by atoms with Gasteiger partial charge in [0.1, 0.15) is 17.7 Å². The molecule has 84 valence electrons. The summed E-state index contributed by atoms with van der Waals surface area (Å²) in [7, 11) is 0. The smallest absolute Gasteiger partial charge is 0.294 e. The molecule has 1 saturated heterocycles. The monoisotopic (exact) mass is 229 g/mol. The van der Waals surface area contributed by atoms with E-state index in [0.717, 1.165) is 18.1 Å². The van der Waals surface area contributed by atoms with Crippen molar-refractivity contribution in [2.75, 3.05) is 19.7 Å². The Bertz CT molecular complexity index is 318. The van der Waals surface area contributed by atoms with Gasteiger partial charge in [-0.2, -0.15) is 0 Å². The van der Waals surface area contributed by atoms with Gasteiger partial charge in [-0.1, -0.05) is 11.3 Å². The van der Waals surface area contributed by atoms with Gasteiger partial charge in [0.15, 0.2) is 0 Å². The highest BCUT2D eigenvalue weighted by Gasteiger charge is 2.19. The van der Waals surface area contributed by atoms with Crippen LogP contribution in [0.15, 0.2) is 0 Å². The van der Waals surface area contributed by atoms with Gasteiger partial charge < -0.3 is 14.8 Å². The van der Waals surface area contributed by atoms with Gasteiger partial charge in [-0.25, -0.2) is 0 Å². The molecule has 6 heteroatoms. The number of aryl methyl sites for hydroxylation is 1. The Morgan fingerprint density at radius 3 is 3.07 bits per heavy atom. The lowest BCUT2D eigenvalue weighted by Crippen LogP contribution is -2.45. The van der Waals surface area contributed by atoms with Gasteiger partial charge in [0, 0.05) is 13.1 Å². The van der Waals surface area contributed by atoms with E-state index >= 15 is 0 Å². The summed E-state index contributed by atoms with van der Waals surface area (Å²) < 4.78 is 11.2. The molecule has 1 fully saturated rings. The lowest BCUT2D eigenvalue weighted by atomic mass is 10.2. The first-order valence-corrected chi connectivity index (χ1v) is 5.85. The quantitative estimate of drug-likeness (QED) is 0.822. The summed E-state index contributed by atoms with van der Waals surface area (Å²) in [5, 5.41) is 12.6. The van der Waals surface area contributed by atoms with Gasteiger partial charge >= 0.3 is 0 Å². The third-order valence-electron chi connectivity index (χ3n) is 2.13. The molecule has 0 radical (unpaired) electrons. The van der Waals surface area contributed by atoms with E-state index in [1.54, 1.807) is 0 Å². The maximum absolute atomic E-state index is 5.68. The minimum Gasteiger partial charge on any atom is -0.466 e. The number of nitrogens with one attached hydrogen (secondary N) is 1. The van der Waals surface area contributed by atoms with E-state index in [4.69, 9.17) is 9.47 Å². The maximum Gasteiger partial charge on any atom is 0.294 e. The maximum atomic E-state index is 5.68. The van der Waals surface area contributed by atoms with Crippen LogP contribution in [0, 0.1) is 6.92 Å². The van der Waals surface area contributed by atoms with E-state index in [1.807, 2.05) is 13.8 Å². The Morgan fingerprint density at radius 2 is 2.40 bits per heavy atom. The third kappa shape index (κ3) is 3.12. The van der Waals surface area contributed by atoms with Crippen molar-refractivity contribution in [3.8, 4) is 5.19 Å². The summed E-state index contributed by atoms with van der Waals surface area (Å²) in [6.07, 6.45) is 0.362. The summed E-state index contributed by atoms with van der Waals surface area (Å²) in [4.78, 5) is 0. The van der Waals surface area contributed by atoms with Gasteiger partial charge in [0.05, 0.1) is 6.10 Å². The number of rotatable bonds is 3. The van der Waals surface area contributed by atoms with E-state index in [0.29, 0.717) is 11.8 Å². The summed E-state index contributed by atoms with van der Waals surface area (Å²) in [6.45, 7) is 6.24. The molecular formula is C9H15N3O2S. The van der Waals surface area contributed by atoms with Crippen LogP contribution in [0.5, 0.6) is 5.19 Å². The van der Waals surface area contributed by atoms with Crippen molar-refractivity contribution >= 4 is 11.3 Å². The molecule has 1 aliphatic heterocycles. The molecule has 0 bridgehead atoms.